The Balaban J connectivity index is 1.61. The summed E-state index contributed by atoms with van der Waals surface area (Å²) >= 11 is 1.91. The highest BCUT2D eigenvalue weighted by atomic mass is 32.1. The molecule has 2 unspecified atom stereocenters. The van der Waals surface area contributed by atoms with Crippen molar-refractivity contribution in [2.75, 3.05) is 13.2 Å². The summed E-state index contributed by atoms with van der Waals surface area (Å²) in [5.41, 5.74) is 0. The number of aromatic nitrogens is 1. The summed E-state index contributed by atoms with van der Waals surface area (Å²) in [6.07, 6.45) is 8.50. The second-order valence-corrected chi connectivity index (χ2v) is 7.34. The van der Waals surface area contributed by atoms with Crippen molar-refractivity contribution in [3.05, 3.63) is 16.1 Å². The molecule has 0 radical (unpaired) electrons. The van der Waals surface area contributed by atoms with Crippen molar-refractivity contribution in [1.82, 2.24) is 9.88 Å². The quantitative estimate of drug-likeness (QED) is 0.921. The molecule has 1 saturated heterocycles. The molecule has 0 aromatic carbocycles. The molecule has 3 rings (SSSR count). The summed E-state index contributed by atoms with van der Waals surface area (Å²) in [6.45, 7) is 4.69. The van der Waals surface area contributed by atoms with E-state index >= 15 is 0 Å². The van der Waals surface area contributed by atoms with Crippen molar-refractivity contribution in [3.8, 4) is 0 Å². The maximum Gasteiger partial charge on any atom is 0.0959 e. The molecule has 1 aromatic heterocycles. The molecule has 19 heavy (non-hydrogen) atoms. The van der Waals surface area contributed by atoms with E-state index in [2.05, 4.69) is 23.0 Å². The number of hydrogen-bond donors (Lipinski definition) is 1. The molecule has 2 heterocycles. The normalized spacial score (nSPS) is 29.4. The average Bonchev–Trinajstić information content (AvgIpc) is 2.78. The van der Waals surface area contributed by atoms with Gasteiger partial charge in [0.2, 0.25) is 0 Å². The lowest BCUT2D eigenvalue weighted by Crippen LogP contribution is -2.42. The molecule has 1 aliphatic heterocycles. The Bertz CT molecular complexity index is 416. The second kappa shape index (κ2) is 5.90. The fraction of sp³-hybridized carbons (Fsp3) is 0.800. The minimum atomic E-state index is 0.333. The zero-order valence-corrected chi connectivity index (χ0v) is 12.5. The van der Waals surface area contributed by atoms with Gasteiger partial charge in [0.1, 0.15) is 0 Å². The summed E-state index contributed by atoms with van der Waals surface area (Å²) in [7, 11) is 0. The van der Waals surface area contributed by atoms with E-state index in [1.54, 1.807) is 0 Å². The van der Waals surface area contributed by atoms with E-state index in [0.29, 0.717) is 18.6 Å². The fourth-order valence-electron chi connectivity index (χ4n) is 3.07. The molecule has 1 saturated carbocycles. The smallest absolute Gasteiger partial charge is 0.0959 e. The van der Waals surface area contributed by atoms with Gasteiger partial charge in [-0.3, -0.25) is 4.90 Å². The molecule has 0 amide bonds. The van der Waals surface area contributed by atoms with Crippen LogP contribution in [0.2, 0.25) is 0 Å². The van der Waals surface area contributed by atoms with E-state index < -0.39 is 0 Å². The minimum absolute atomic E-state index is 0.333. The van der Waals surface area contributed by atoms with Gasteiger partial charge in [-0.2, -0.15) is 0 Å². The SMILES string of the molecule is CC1CCC(CO)CN1Cc1cnc(C2CCC2)s1. The zero-order chi connectivity index (χ0) is 13.2. The van der Waals surface area contributed by atoms with E-state index in [9.17, 15) is 5.11 Å². The lowest BCUT2D eigenvalue weighted by Gasteiger charge is -2.37. The van der Waals surface area contributed by atoms with Gasteiger partial charge >= 0.3 is 0 Å². The van der Waals surface area contributed by atoms with E-state index in [1.807, 2.05) is 11.3 Å². The van der Waals surface area contributed by atoms with Gasteiger partial charge in [0.25, 0.3) is 0 Å². The van der Waals surface area contributed by atoms with Gasteiger partial charge in [-0.25, -0.2) is 4.98 Å². The number of aliphatic hydroxyl groups excluding tert-OH is 1. The first-order valence-corrected chi connectivity index (χ1v) is 8.37. The highest BCUT2D eigenvalue weighted by Crippen LogP contribution is 2.38. The maximum absolute atomic E-state index is 9.34. The lowest BCUT2D eigenvalue weighted by atomic mass is 9.86. The van der Waals surface area contributed by atoms with Gasteiger partial charge in [0.15, 0.2) is 0 Å². The first-order chi connectivity index (χ1) is 9.26. The molecule has 2 aliphatic rings. The standard InChI is InChI=1S/C15H24N2OS/c1-11-5-6-12(10-18)8-17(11)9-14-7-16-15(19-14)13-3-2-4-13/h7,11-13,18H,2-6,8-10H2,1H3. The van der Waals surface area contributed by atoms with Crippen LogP contribution in [0.15, 0.2) is 6.20 Å². The Labute approximate surface area is 119 Å². The molecule has 0 bridgehead atoms. The van der Waals surface area contributed by atoms with Crippen LogP contribution in [0.5, 0.6) is 0 Å². The zero-order valence-electron chi connectivity index (χ0n) is 11.7. The Hall–Kier alpha value is -0.450. The monoisotopic (exact) mass is 280 g/mol. The molecule has 1 N–H and O–H groups in total. The Morgan fingerprint density at radius 1 is 1.37 bits per heavy atom. The van der Waals surface area contributed by atoms with Gasteiger partial charge in [-0.1, -0.05) is 6.42 Å². The number of likely N-dealkylation sites (tertiary alicyclic amines) is 1. The van der Waals surface area contributed by atoms with E-state index in [0.717, 1.165) is 19.0 Å². The van der Waals surface area contributed by atoms with Crippen molar-refractivity contribution < 1.29 is 5.11 Å². The third-order valence-corrected chi connectivity index (χ3v) is 5.90. The van der Waals surface area contributed by atoms with Crippen molar-refractivity contribution in [3.63, 3.8) is 0 Å². The van der Waals surface area contributed by atoms with Gasteiger partial charge in [-0.05, 0) is 38.5 Å². The third-order valence-electron chi connectivity index (χ3n) is 4.75. The van der Waals surface area contributed by atoms with Gasteiger partial charge in [0.05, 0.1) is 5.01 Å². The predicted octanol–water partition coefficient (Wildman–Crippen LogP) is 3.00. The van der Waals surface area contributed by atoms with Gasteiger partial charge < -0.3 is 5.11 Å². The molecule has 4 heteroatoms. The van der Waals surface area contributed by atoms with Crippen molar-refractivity contribution in [1.29, 1.82) is 0 Å². The molecule has 2 fully saturated rings. The highest BCUT2D eigenvalue weighted by molar-refractivity contribution is 7.11. The van der Waals surface area contributed by atoms with Crippen LogP contribution in [0.3, 0.4) is 0 Å². The number of piperidine rings is 1. The van der Waals surface area contributed by atoms with Crippen molar-refractivity contribution >= 4 is 11.3 Å². The lowest BCUT2D eigenvalue weighted by molar-refractivity contribution is 0.0779. The van der Waals surface area contributed by atoms with E-state index in [1.165, 1.54) is 42.0 Å². The Kier molecular flexibility index (Phi) is 4.20. The highest BCUT2D eigenvalue weighted by Gasteiger charge is 2.26. The molecule has 106 valence electrons. The van der Waals surface area contributed by atoms with Crippen LogP contribution in [-0.2, 0) is 6.54 Å². The predicted molar refractivity (Wildman–Crippen MR) is 78.4 cm³/mol. The first kappa shape index (κ1) is 13.5. The minimum Gasteiger partial charge on any atom is -0.396 e. The summed E-state index contributed by atoms with van der Waals surface area (Å²) in [4.78, 5) is 8.52. The summed E-state index contributed by atoms with van der Waals surface area (Å²) in [5, 5.41) is 10.7. The maximum atomic E-state index is 9.34. The molecule has 2 atom stereocenters. The molecule has 1 aliphatic carbocycles. The first-order valence-electron chi connectivity index (χ1n) is 7.55. The van der Waals surface area contributed by atoms with E-state index in [-0.39, 0.29) is 0 Å². The number of hydrogen-bond acceptors (Lipinski definition) is 4. The fourth-order valence-corrected chi connectivity index (χ4v) is 4.18. The van der Waals surface area contributed by atoms with Crippen LogP contribution in [0.4, 0.5) is 0 Å². The molecule has 1 aromatic rings. The Morgan fingerprint density at radius 3 is 2.89 bits per heavy atom. The largest absolute Gasteiger partial charge is 0.396 e. The summed E-state index contributed by atoms with van der Waals surface area (Å²) < 4.78 is 0. The number of rotatable bonds is 4. The summed E-state index contributed by atoms with van der Waals surface area (Å²) in [5.74, 6) is 1.22. The van der Waals surface area contributed by atoms with E-state index in [4.69, 9.17) is 0 Å². The molecular formula is C15H24N2OS. The second-order valence-electron chi connectivity index (χ2n) is 6.20. The summed E-state index contributed by atoms with van der Waals surface area (Å²) in [6, 6.07) is 0.636. The van der Waals surface area contributed by atoms with Crippen LogP contribution in [-0.4, -0.2) is 34.2 Å². The van der Waals surface area contributed by atoms with Crippen LogP contribution in [0.1, 0.15) is 54.8 Å². The van der Waals surface area contributed by atoms with Crippen molar-refractivity contribution in [2.24, 2.45) is 5.92 Å². The van der Waals surface area contributed by atoms with Gasteiger partial charge in [0, 0.05) is 42.7 Å². The number of thiazole rings is 1. The Morgan fingerprint density at radius 2 is 2.21 bits per heavy atom. The van der Waals surface area contributed by atoms with Crippen LogP contribution in [0, 0.1) is 5.92 Å². The molecule has 0 spiro atoms. The number of nitrogens with zero attached hydrogens (tertiary/aromatic N) is 2. The average molecular weight is 280 g/mol. The molecule has 3 nitrogen and oxygen atoms in total. The van der Waals surface area contributed by atoms with Crippen molar-refractivity contribution in [2.45, 2.75) is 57.5 Å². The third kappa shape index (κ3) is 3.01. The van der Waals surface area contributed by atoms with Crippen LogP contribution in [0.25, 0.3) is 0 Å². The topological polar surface area (TPSA) is 36.4 Å². The van der Waals surface area contributed by atoms with Crippen LogP contribution >= 0.6 is 11.3 Å². The van der Waals surface area contributed by atoms with Crippen LogP contribution < -0.4 is 0 Å². The van der Waals surface area contributed by atoms with Gasteiger partial charge in [-0.15, -0.1) is 11.3 Å². The molecular weight excluding hydrogens is 256 g/mol. The number of aliphatic hydroxyl groups is 1.